The van der Waals surface area contributed by atoms with E-state index in [1.165, 1.54) is 14.2 Å². The number of anilines is 1. The monoisotopic (exact) mass is 503 g/mol. The number of amides is 2. The van der Waals surface area contributed by atoms with Gasteiger partial charge in [-0.25, -0.2) is 0 Å². The highest BCUT2D eigenvalue weighted by atomic mass is 35.5. The van der Waals surface area contributed by atoms with Crippen LogP contribution in [0.25, 0.3) is 10.9 Å². The van der Waals surface area contributed by atoms with Crippen LogP contribution in [0.3, 0.4) is 0 Å². The van der Waals surface area contributed by atoms with Gasteiger partial charge in [0, 0.05) is 48.4 Å². The Morgan fingerprint density at radius 1 is 0.944 bits per heavy atom. The van der Waals surface area contributed by atoms with E-state index in [1.54, 1.807) is 30.1 Å². The molecule has 1 aliphatic heterocycles. The molecule has 0 radical (unpaired) electrons. The average molecular weight is 504 g/mol. The lowest BCUT2D eigenvalue weighted by Gasteiger charge is -2.39. The maximum absolute atomic E-state index is 14.1. The molecule has 0 fully saturated rings. The van der Waals surface area contributed by atoms with E-state index in [9.17, 15) is 9.59 Å². The van der Waals surface area contributed by atoms with Gasteiger partial charge in [0.05, 0.1) is 36.9 Å². The predicted octanol–water partition coefficient (Wildman–Crippen LogP) is 5.40. The van der Waals surface area contributed by atoms with Gasteiger partial charge in [-0.15, -0.1) is 0 Å². The van der Waals surface area contributed by atoms with Crippen LogP contribution in [0.4, 0.5) is 5.69 Å². The number of hydrogen-bond donors (Lipinski definition) is 1. The van der Waals surface area contributed by atoms with Gasteiger partial charge in [-0.2, -0.15) is 0 Å². The number of aromatic nitrogens is 1. The smallest absolute Gasteiger partial charge is 0.254 e. The van der Waals surface area contributed by atoms with Crippen molar-refractivity contribution in [2.75, 3.05) is 26.6 Å². The first kappa shape index (κ1) is 23.8. The minimum absolute atomic E-state index is 0.127. The van der Waals surface area contributed by atoms with Gasteiger partial charge >= 0.3 is 0 Å². The highest BCUT2D eigenvalue weighted by Crippen LogP contribution is 2.45. The molecule has 0 saturated heterocycles. The number of hydrogen-bond acceptors (Lipinski definition) is 4. The number of carbonyl (C=O) groups excluding carboxylic acids is 2. The van der Waals surface area contributed by atoms with Crippen molar-refractivity contribution >= 4 is 40.0 Å². The van der Waals surface area contributed by atoms with Gasteiger partial charge in [0.2, 0.25) is 5.91 Å². The van der Waals surface area contributed by atoms with Crippen molar-refractivity contribution in [1.82, 2.24) is 9.47 Å². The molecule has 0 aliphatic carbocycles. The van der Waals surface area contributed by atoms with Crippen LogP contribution in [0.1, 0.15) is 33.4 Å². The van der Waals surface area contributed by atoms with E-state index in [-0.39, 0.29) is 11.8 Å². The molecule has 7 nitrogen and oxygen atoms in total. The van der Waals surface area contributed by atoms with Crippen molar-refractivity contribution in [3.63, 3.8) is 0 Å². The summed E-state index contributed by atoms with van der Waals surface area (Å²) in [6, 6.07) is 18.0. The molecule has 8 heteroatoms. The summed E-state index contributed by atoms with van der Waals surface area (Å²) < 4.78 is 12.8. The van der Waals surface area contributed by atoms with Crippen LogP contribution in [0, 0.1) is 0 Å². The molecule has 5 rings (SSSR count). The number of likely N-dealkylation sites (N-methyl/N-ethyl adjacent to an activating group) is 1. The molecular formula is C28H26ClN3O4. The molecule has 2 unspecified atom stereocenters. The third kappa shape index (κ3) is 3.76. The number of fused-ring (bicyclic) bond motifs is 2. The summed E-state index contributed by atoms with van der Waals surface area (Å²) >= 11 is 6.36. The third-order valence-corrected chi connectivity index (χ3v) is 7.14. The Hall–Kier alpha value is -3.97. The maximum Gasteiger partial charge on any atom is 0.254 e. The largest absolute Gasteiger partial charge is 0.495 e. The Kier molecular flexibility index (Phi) is 6.10. The molecule has 4 aromatic rings. The van der Waals surface area contributed by atoms with Crippen molar-refractivity contribution in [2.45, 2.75) is 12.0 Å². The Bertz CT molecular complexity index is 1500. The van der Waals surface area contributed by atoms with Crippen LogP contribution >= 0.6 is 11.6 Å². The van der Waals surface area contributed by atoms with Gasteiger partial charge in [0.25, 0.3) is 5.91 Å². The van der Waals surface area contributed by atoms with E-state index in [0.29, 0.717) is 33.3 Å². The molecule has 184 valence electrons. The normalized spacial score (nSPS) is 17.1. The van der Waals surface area contributed by atoms with E-state index >= 15 is 0 Å². The number of benzene rings is 3. The number of nitrogens with one attached hydrogen (secondary N) is 1. The number of aryl methyl sites for hydroxylation is 1. The van der Waals surface area contributed by atoms with Crippen LogP contribution in [0.5, 0.6) is 11.5 Å². The first-order chi connectivity index (χ1) is 17.3. The molecule has 0 spiro atoms. The second kappa shape index (κ2) is 9.24. The Balaban J connectivity index is 1.66. The maximum atomic E-state index is 14.1. The van der Waals surface area contributed by atoms with Gasteiger partial charge in [-0.05, 0) is 23.8 Å². The van der Waals surface area contributed by atoms with Gasteiger partial charge in [0.15, 0.2) is 0 Å². The van der Waals surface area contributed by atoms with E-state index in [0.717, 1.165) is 16.5 Å². The fourth-order valence-corrected chi connectivity index (χ4v) is 5.36. The van der Waals surface area contributed by atoms with Gasteiger partial charge < -0.3 is 24.3 Å². The van der Waals surface area contributed by atoms with Crippen molar-refractivity contribution in [3.8, 4) is 11.5 Å². The first-order valence-corrected chi connectivity index (χ1v) is 11.9. The summed E-state index contributed by atoms with van der Waals surface area (Å²) in [6.45, 7) is 0. The number of ether oxygens (including phenoxy) is 2. The predicted molar refractivity (Wildman–Crippen MR) is 140 cm³/mol. The number of halogens is 1. The lowest BCUT2D eigenvalue weighted by atomic mass is 9.79. The first-order valence-electron chi connectivity index (χ1n) is 11.5. The lowest BCUT2D eigenvalue weighted by Crippen LogP contribution is -2.44. The average Bonchev–Trinajstić information content (AvgIpc) is 3.22. The second-order valence-corrected chi connectivity index (χ2v) is 9.22. The third-order valence-electron chi connectivity index (χ3n) is 6.84. The van der Waals surface area contributed by atoms with Crippen LogP contribution < -0.4 is 14.8 Å². The van der Waals surface area contributed by atoms with Gasteiger partial charge in [-0.3, -0.25) is 9.59 Å². The topological polar surface area (TPSA) is 72.8 Å². The molecule has 1 N–H and O–H groups in total. The second-order valence-electron chi connectivity index (χ2n) is 8.81. The molecule has 3 aromatic carbocycles. The Labute approximate surface area is 214 Å². The van der Waals surface area contributed by atoms with Crippen molar-refractivity contribution in [1.29, 1.82) is 0 Å². The highest BCUT2D eigenvalue weighted by molar-refractivity contribution is 6.32. The van der Waals surface area contributed by atoms with E-state index in [4.69, 9.17) is 21.1 Å². The number of nitrogens with zero attached hydrogens (tertiary/aromatic N) is 2. The van der Waals surface area contributed by atoms with Crippen molar-refractivity contribution in [3.05, 3.63) is 88.6 Å². The molecular weight excluding hydrogens is 478 g/mol. The SMILES string of the molecule is COc1cc(OC)c(NC(=O)C2c3ccccc3C(=O)N(C)C2c2cn(C)c3ccccc23)cc1Cl. The standard InChI is InChI=1S/C28H26ClN3O4/c1-31-15-19(16-9-7-8-12-22(16)31)26-25(17-10-5-6-11-18(17)28(34)32(26)2)27(33)30-21-13-20(29)23(35-3)14-24(21)36-4/h5-15,25-26H,1-4H3,(H,30,33). The molecule has 2 amide bonds. The zero-order valence-corrected chi connectivity index (χ0v) is 21.2. The molecule has 0 saturated carbocycles. The Morgan fingerprint density at radius 3 is 2.39 bits per heavy atom. The minimum Gasteiger partial charge on any atom is -0.495 e. The summed E-state index contributed by atoms with van der Waals surface area (Å²) in [6.07, 6.45) is 2.00. The summed E-state index contributed by atoms with van der Waals surface area (Å²) in [5, 5.41) is 4.34. The molecule has 1 aromatic heterocycles. The quantitative estimate of drug-likeness (QED) is 0.396. The van der Waals surface area contributed by atoms with Crippen LogP contribution in [0.15, 0.2) is 66.9 Å². The van der Waals surface area contributed by atoms with E-state index in [2.05, 4.69) is 5.32 Å². The summed E-state index contributed by atoms with van der Waals surface area (Å²) in [7, 11) is 6.73. The molecule has 36 heavy (non-hydrogen) atoms. The van der Waals surface area contributed by atoms with Crippen molar-refractivity contribution in [2.24, 2.45) is 7.05 Å². The van der Waals surface area contributed by atoms with Crippen LogP contribution in [0.2, 0.25) is 5.02 Å². The van der Waals surface area contributed by atoms with Crippen molar-refractivity contribution < 1.29 is 19.1 Å². The molecule has 0 bridgehead atoms. The lowest BCUT2D eigenvalue weighted by molar-refractivity contribution is -0.119. The van der Waals surface area contributed by atoms with E-state index < -0.39 is 12.0 Å². The number of para-hydroxylation sites is 1. The highest BCUT2D eigenvalue weighted by Gasteiger charge is 2.43. The fraction of sp³-hybridized carbons (Fsp3) is 0.214. The number of rotatable bonds is 5. The Morgan fingerprint density at radius 2 is 1.64 bits per heavy atom. The zero-order chi connectivity index (χ0) is 25.6. The molecule has 2 heterocycles. The fourth-order valence-electron chi connectivity index (χ4n) is 5.12. The number of carbonyl (C=O) groups is 2. The zero-order valence-electron chi connectivity index (χ0n) is 20.4. The van der Waals surface area contributed by atoms with Gasteiger partial charge in [-0.1, -0.05) is 48.0 Å². The summed E-state index contributed by atoms with van der Waals surface area (Å²) in [5.41, 5.74) is 3.53. The summed E-state index contributed by atoms with van der Waals surface area (Å²) in [4.78, 5) is 29.1. The number of methoxy groups -OCH3 is 2. The van der Waals surface area contributed by atoms with Crippen LogP contribution in [-0.2, 0) is 11.8 Å². The minimum atomic E-state index is -0.680. The van der Waals surface area contributed by atoms with Gasteiger partial charge in [0.1, 0.15) is 11.5 Å². The molecule has 2 atom stereocenters. The van der Waals surface area contributed by atoms with E-state index in [1.807, 2.05) is 60.3 Å². The molecule has 1 aliphatic rings. The summed E-state index contributed by atoms with van der Waals surface area (Å²) in [5.74, 6) is -0.231. The van der Waals surface area contributed by atoms with Crippen LogP contribution in [-0.4, -0.2) is 42.5 Å².